The number of nitrogens with zero attached hydrogens (tertiary/aromatic N) is 3. The predicted molar refractivity (Wildman–Crippen MR) is 76.0 cm³/mol. The average Bonchev–Trinajstić information content (AvgIpc) is 2.94. The van der Waals surface area contributed by atoms with Gasteiger partial charge in [-0.3, -0.25) is 14.3 Å². The number of aliphatic hydroxyl groups excluding tert-OH is 1. The molecule has 4 heterocycles. The van der Waals surface area contributed by atoms with Gasteiger partial charge >= 0.3 is 0 Å². The summed E-state index contributed by atoms with van der Waals surface area (Å²) < 4.78 is 13.4. The van der Waals surface area contributed by atoms with E-state index in [1.165, 1.54) is 6.33 Å². The van der Waals surface area contributed by atoms with Crippen molar-refractivity contribution in [2.45, 2.75) is 18.8 Å². The lowest BCUT2D eigenvalue weighted by Gasteiger charge is -2.34. The van der Waals surface area contributed by atoms with Crippen molar-refractivity contribution < 1.29 is 14.6 Å². The molecule has 2 aromatic rings. The molecule has 2 aliphatic heterocycles. The number of hydrogen-bond acceptors (Lipinski definition) is 7. The predicted octanol–water partition coefficient (Wildman–Crippen LogP) is -0.756. The molecular weight excluding hydrogens is 290 g/mol. The van der Waals surface area contributed by atoms with Gasteiger partial charge in [0.15, 0.2) is 11.2 Å². The fourth-order valence-electron chi connectivity index (χ4n) is 3.45. The molecule has 0 aromatic carbocycles. The number of aromatic amines is 1. The lowest BCUT2D eigenvalue weighted by molar-refractivity contribution is -0.138. The van der Waals surface area contributed by atoms with Crippen molar-refractivity contribution in [2.75, 3.05) is 25.6 Å². The highest BCUT2D eigenvalue weighted by Gasteiger charge is 2.56. The summed E-state index contributed by atoms with van der Waals surface area (Å²) in [6.45, 7) is 2.79. The molecule has 0 saturated carbocycles. The van der Waals surface area contributed by atoms with Gasteiger partial charge in [-0.2, -0.15) is 4.98 Å². The zero-order valence-electron chi connectivity index (χ0n) is 12.0. The second-order valence-electron chi connectivity index (χ2n) is 5.97. The summed E-state index contributed by atoms with van der Waals surface area (Å²) in [6.07, 6.45) is 1.12. The van der Waals surface area contributed by atoms with Crippen LogP contribution < -0.4 is 11.3 Å². The third-order valence-corrected chi connectivity index (χ3v) is 4.84. The van der Waals surface area contributed by atoms with Gasteiger partial charge in [0, 0.05) is 5.92 Å². The Morgan fingerprint density at radius 1 is 1.64 bits per heavy atom. The summed E-state index contributed by atoms with van der Waals surface area (Å²) in [4.78, 5) is 22.6. The maximum Gasteiger partial charge on any atom is 0.280 e. The minimum absolute atomic E-state index is 0.0291. The zero-order valence-corrected chi connectivity index (χ0v) is 12.0. The van der Waals surface area contributed by atoms with Crippen LogP contribution in [0.1, 0.15) is 13.2 Å². The highest BCUT2D eigenvalue weighted by atomic mass is 16.6. The second-order valence-corrected chi connectivity index (χ2v) is 5.97. The van der Waals surface area contributed by atoms with Crippen molar-refractivity contribution in [1.29, 1.82) is 0 Å². The second kappa shape index (κ2) is 4.51. The third-order valence-electron chi connectivity index (χ3n) is 4.84. The third kappa shape index (κ3) is 1.67. The van der Waals surface area contributed by atoms with Crippen molar-refractivity contribution in [1.82, 2.24) is 19.5 Å². The number of nitrogens with two attached hydrogens (primary N) is 1. The highest BCUT2D eigenvalue weighted by molar-refractivity contribution is 5.70. The van der Waals surface area contributed by atoms with Crippen LogP contribution in [0.5, 0.6) is 0 Å². The highest BCUT2D eigenvalue weighted by Crippen LogP contribution is 2.49. The minimum atomic E-state index is -0.725. The molecule has 0 spiro atoms. The Hall–Kier alpha value is -1.97. The van der Waals surface area contributed by atoms with Crippen LogP contribution in [0.25, 0.3) is 11.2 Å². The summed E-state index contributed by atoms with van der Waals surface area (Å²) in [5.41, 5.74) is 5.10. The van der Waals surface area contributed by atoms with E-state index in [0.29, 0.717) is 18.9 Å². The standard InChI is InChI=1S/C13H17N5O4/c1-6-7-2-21-4-13(6,3-19)22-11(7)18-5-15-8-9(18)16-12(14)17-10(8)20/h5-7,11,19H,2-4H2,1H3,(H3,14,16,17,20)/t6-,7?,11-,13+/m1/s1. The van der Waals surface area contributed by atoms with Crippen LogP contribution in [-0.4, -0.2) is 50.0 Å². The number of anilines is 1. The number of aliphatic hydroxyl groups is 1. The first-order chi connectivity index (χ1) is 10.6. The summed E-state index contributed by atoms with van der Waals surface area (Å²) >= 11 is 0. The molecule has 9 nitrogen and oxygen atoms in total. The van der Waals surface area contributed by atoms with Gasteiger partial charge in [-0.05, 0) is 5.92 Å². The minimum Gasteiger partial charge on any atom is -0.393 e. The molecule has 4 rings (SSSR count). The number of fused-ring (bicyclic) bond motifs is 3. The molecule has 0 radical (unpaired) electrons. The van der Waals surface area contributed by atoms with Crippen LogP contribution in [0.2, 0.25) is 0 Å². The quantitative estimate of drug-likeness (QED) is 0.665. The van der Waals surface area contributed by atoms with Crippen LogP contribution in [0.4, 0.5) is 5.95 Å². The number of nitrogen functional groups attached to an aromatic ring is 1. The number of aromatic nitrogens is 4. The number of ether oxygens (including phenoxy) is 2. The van der Waals surface area contributed by atoms with E-state index >= 15 is 0 Å². The fraction of sp³-hybridized carbons (Fsp3) is 0.615. The molecule has 0 aliphatic carbocycles. The van der Waals surface area contributed by atoms with Crippen molar-refractivity contribution >= 4 is 17.1 Å². The fourth-order valence-corrected chi connectivity index (χ4v) is 3.45. The first-order valence-electron chi connectivity index (χ1n) is 7.14. The SMILES string of the molecule is C[C@@H]1C2COC[C@]1(CO)O[C@H]2n1cnc2c(=O)[nH]c(N)nc21. The molecule has 0 amide bonds. The van der Waals surface area contributed by atoms with Gasteiger partial charge in [-0.1, -0.05) is 6.92 Å². The maximum absolute atomic E-state index is 11.9. The normalized spacial score (nSPS) is 34.4. The van der Waals surface area contributed by atoms with Crippen molar-refractivity contribution in [3.8, 4) is 0 Å². The molecule has 2 saturated heterocycles. The zero-order chi connectivity index (χ0) is 15.5. The van der Waals surface area contributed by atoms with Crippen LogP contribution in [0.3, 0.4) is 0 Å². The molecule has 2 bridgehead atoms. The number of H-pyrrole nitrogens is 1. The molecule has 2 fully saturated rings. The number of hydrogen-bond donors (Lipinski definition) is 3. The van der Waals surface area contributed by atoms with Gasteiger partial charge in [0.05, 0.1) is 26.1 Å². The number of imidazole rings is 1. The largest absolute Gasteiger partial charge is 0.393 e. The molecule has 22 heavy (non-hydrogen) atoms. The topological polar surface area (TPSA) is 128 Å². The summed E-state index contributed by atoms with van der Waals surface area (Å²) in [7, 11) is 0. The monoisotopic (exact) mass is 307 g/mol. The first-order valence-corrected chi connectivity index (χ1v) is 7.14. The molecule has 118 valence electrons. The Morgan fingerprint density at radius 2 is 2.45 bits per heavy atom. The van der Waals surface area contributed by atoms with Gasteiger partial charge in [0.1, 0.15) is 11.8 Å². The van der Waals surface area contributed by atoms with E-state index in [1.54, 1.807) is 4.57 Å². The van der Waals surface area contributed by atoms with Crippen molar-refractivity contribution in [2.24, 2.45) is 11.8 Å². The van der Waals surface area contributed by atoms with E-state index in [9.17, 15) is 9.90 Å². The number of nitrogens with one attached hydrogen (secondary N) is 1. The molecule has 4 atom stereocenters. The lowest BCUT2D eigenvalue weighted by Crippen LogP contribution is -2.47. The van der Waals surface area contributed by atoms with E-state index in [-0.39, 0.29) is 35.5 Å². The Balaban J connectivity index is 1.85. The van der Waals surface area contributed by atoms with Crippen molar-refractivity contribution in [3.63, 3.8) is 0 Å². The van der Waals surface area contributed by atoms with Gasteiger partial charge in [-0.25, -0.2) is 4.98 Å². The summed E-state index contributed by atoms with van der Waals surface area (Å²) in [5, 5.41) is 9.73. The maximum atomic E-state index is 11.9. The van der Waals surface area contributed by atoms with E-state index in [2.05, 4.69) is 15.0 Å². The Kier molecular flexibility index (Phi) is 2.80. The molecular formula is C13H17N5O4. The van der Waals surface area contributed by atoms with E-state index < -0.39 is 11.8 Å². The Labute approximate surface area is 125 Å². The van der Waals surface area contributed by atoms with Gasteiger partial charge < -0.3 is 20.3 Å². The molecule has 9 heteroatoms. The van der Waals surface area contributed by atoms with Gasteiger partial charge in [0.25, 0.3) is 5.56 Å². The van der Waals surface area contributed by atoms with Crippen LogP contribution in [-0.2, 0) is 9.47 Å². The van der Waals surface area contributed by atoms with E-state index in [1.807, 2.05) is 6.92 Å². The Bertz CT molecular complexity index is 786. The smallest absolute Gasteiger partial charge is 0.280 e. The van der Waals surface area contributed by atoms with Gasteiger partial charge in [-0.15, -0.1) is 0 Å². The summed E-state index contributed by atoms with van der Waals surface area (Å²) in [6, 6.07) is 0. The molecule has 2 aliphatic rings. The summed E-state index contributed by atoms with van der Waals surface area (Å²) in [5.74, 6) is 0.190. The van der Waals surface area contributed by atoms with Crippen LogP contribution in [0.15, 0.2) is 11.1 Å². The lowest BCUT2D eigenvalue weighted by atomic mass is 9.81. The number of rotatable bonds is 2. The van der Waals surface area contributed by atoms with E-state index in [4.69, 9.17) is 15.2 Å². The molecule has 4 N–H and O–H groups in total. The van der Waals surface area contributed by atoms with Crippen LogP contribution >= 0.6 is 0 Å². The van der Waals surface area contributed by atoms with E-state index in [0.717, 1.165) is 0 Å². The molecule has 1 unspecified atom stereocenters. The average molecular weight is 307 g/mol. The first kappa shape index (κ1) is 13.7. The Morgan fingerprint density at radius 3 is 3.18 bits per heavy atom. The van der Waals surface area contributed by atoms with Crippen LogP contribution in [0, 0.1) is 11.8 Å². The molecule has 2 aromatic heterocycles. The van der Waals surface area contributed by atoms with Gasteiger partial charge in [0.2, 0.25) is 5.95 Å². The van der Waals surface area contributed by atoms with Crippen molar-refractivity contribution in [3.05, 3.63) is 16.7 Å².